The minimum Gasteiger partial charge on any atom is -0.496 e. The third kappa shape index (κ3) is 5.25. The van der Waals surface area contributed by atoms with E-state index in [2.05, 4.69) is 0 Å². The fourth-order valence-corrected chi connectivity index (χ4v) is 3.10. The van der Waals surface area contributed by atoms with E-state index in [1.807, 2.05) is 29.2 Å². The Hall–Kier alpha value is -2.04. The number of hydrogen-bond donors (Lipinski definition) is 0. The van der Waals surface area contributed by atoms with Crippen molar-refractivity contribution in [1.82, 2.24) is 9.80 Å². The van der Waals surface area contributed by atoms with E-state index < -0.39 is 0 Å². The molecular weight excluding hydrogens is 304 g/mol. The Morgan fingerprint density at radius 1 is 1.12 bits per heavy atom. The van der Waals surface area contributed by atoms with Crippen LogP contribution in [0, 0.1) is 0 Å². The van der Waals surface area contributed by atoms with Crippen molar-refractivity contribution in [3.05, 3.63) is 29.8 Å². The fourth-order valence-electron chi connectivity index (χ4n) is 3.10. The van der Waals surface area contributed by atoms with E-state index in [-0.39, 0.29) is 18.4 Å². The lowest BCUT2D eigenvalue weighted by Gasteiger charge is -2.26. The number of rotatable bonds is 6. The van der Waals surface area contributed by atoms with Crippen LogP contribution >= 0.6 is 0 Å². The van der Waals surface area contributed by atoms with Crippen molar-refractivity contribution in [3.63, 3.8) is 0 Å². The minimum atomic E-state index is -0.0620. The normalized spacial score (nSPS) is 14.8. The highest BCUT2D eigenvalue weighted by molar-refractivity contribution is 5.83. The first-order valence-electron chi connectivity index (χ1n) is 8.77. The highest BCUT2D eigenvalue weighted by Gasteiger charge is 2.20. The summed E-state index contributed by atoms with van der Waals surface area (Å²) in [6.07, 6.45) is 5.18. The van der Waals surface area contributed by atoms with Crippen LogP contribution in [0.2, 0.25) is 0 Å². The maximum absolute atomic E-state index is 12.5. The van der Waals surface area contributed by atoms with E-state index in [0.717, 1.165) is 37.2 Å². The predicted octanol–water partition coefficient (Wildman–Crippen LogP) is 2.49. The molecule has 1 fully saturated rings. The van der Waals surface area contributed by atoms with Crippen molar-refractivity contribution >= 4 is 11.8 Å². The Bertz CT molecular complexity index is 551. The molecule has 0 unspecified atom stereocenters. The Labute approximate surface area is 144 Å². The van der Waals surface area contributed by atoms with Gasteiger partial charge in [0.2, 0.25) is 11.8 Å². The lowest BCUT2D eigenvalue weighted by molar-refractivity contribution is -0.139. The van der Waals surface area contributed by atoms with Crippen LogP contribution in [0.4, 0.5) is 0 Å². The SMILES string of the molecule is COc1ccccc1CCN(CC(=O)N1CCCCCC1)C(C)=O. The van der Waals surface area contributed by atoms with Gasteiger partial charge in [-0.25, -0.2) is 0 Å². The quantitative estimate of drug-likeness (QED) is 0.804. The van der Waals surface area contributed by atoms with Crippen molar-refractivity contribution in [3.8, 4) is 5.75 Å². The smallest absolute Gasteiger partial charge is 0.242 e. The van der Waals surface area contributed by atoms with E-state index in [9.17, 15) is 9.59 Å². The molecule has 0 bridgehead atoms. The lowest BCUT2D eigenvalue weighted by atomic mass is 10.1. The van der Waals surface area contributed by atoms with Crippen molar-refractivity contribution in [2.75, 3.05) is 33.3 Å². The summed E-state index contributed by atoms with van der Waals surface area (Å²) in [6.45, 7) is 3.85. The summed E-state index contributed by atoms with van der Waals surface area (Å²) in [5, 5.41) is 0. The average molecular weight is 332 g/mol. The predicted molar refractivity (Wildman–Crippen MR) is 94.0 cm³/mol. The summed E-state index contributed by atoms with van der Waals surface area (Å²) in [7, 11) is 1.64. The zero-order valence-electron chi connectivity index (χ0n) is 14.8. The van der Waals surface area contributed by atoms with Crippen LogP contribution in [0.25, 0.3) is 0 Å². The molecule has 2 amide bonds. The molecular formula is C19H28N2O3. The first kappa shape index (κ1) is 18.3. The Morgan fingerprint density at radius 2 is 1.79 bits per heavy atom. The van der Waals surface area contributed by atoms with E-state index in [1.165, 1.54) is 19.8 Å². The van der Waals surface area contributed by atoms with E-state index in [0.29, 0.717) is 13.0 Å². The van der Waals surface area contributed by atoms with Gasteiger partial charge < -0.3 is 14.5 Å². The molecule has 24 heavy (non-hydrogen) atoms. The molecule has 0 radical (unpaired) electrons. The minimum absolute atomic E-state index is 0.0620. The highest BCUT2D eigenvalue weighted by Crippen LogP contribution is 2.18. The molecule has 0 N–H and O–H groups in total. The number of benzene rings is 1. The molecule has 5 heteroatoms. The standard InChI is InChI=1S/C19H28N2O3/c1-16(22)21(14-11-17-9-5-6-10-18(17)24-2)15-19(23)20-12-7-3-4-8-13-20/h5-6,9-10H,3-4,7-8,11-15H2,1-2H3. The molecule has 1 heterocycles. The highest BCUT2D eigenvalue weighted by atomic mass is 16.5. The second-order valence-corrected chi connectivity index (χ2v) is 6.30. The molecule has 1 aromatic rings. The number of likely N-dealkylation sites (tertiary alicyclic amines) is 1. The fraction of sp³-hybridized carbons (Fsp3) is 0.579. The zero-order valence-corrected chi connectivity index (χ0v) is 14.8. The maximum atomic E-state index is 12.5. The number of carbonyl (C=O) groups excluding carboxylic acids is 2. The summed E-state index contributed by atoms with van der Waals surface area (Å²) >= 11 is 0. The molecule has 1 saturated heterocycles. The second kappa shape index (κ2) is 9.30. The van der Waals surface area contributed by atoms with Gasteiger partial charge in [0.05, 0.1) is 13.7 Å². The van der Waals surface area contributed by atoms with Crippen molar-refractivity contribution in [2.45, 2.75) is 39.0 Å². The van der Waals surface area contributed by atoms with Gasteiger partial charge in [-0.05, 0) is 30.9 Å². The second-order valence-electron chi connectivity index (χ2n) is 6.30. The molecule has 2 rings (SSSR count). The van der Waals surface area contributed by atoms with Crippen LogP contribution in [-0.4, -0.2) is 54.9 Å². The molecule has 0 atom stereocenters. The molecule has 1 aromatic carbocycles. The number of para-hydroxylation sites is 1. The molecule has 0 saturated carbocycles. The first-order chi connectivity index (χ1) is 11.6. The van der Waals surface area contributed by atoms with Crippen molar-refractivity contribution < 1.29 is 14.3 Å². The number of hydrogen-bond acceptors (Lipinski definition) is 3. The van der Waals surface area contributed by atoms with Crippen LogP contribution < -0.4 is 4.74 Å². The van der Waals surface area contributed by atoms with Crippen LogP contribution in [0.15, 0.2) is 24.3 Å². The molecule has 1 aliphatic heterocycles. The molecule has 1 aliphatic rings. The summed E-state index contributed by atoms with van der Waals surface area (Å²) < 4.78 is 5.35. The maximum Gasteiger partial charge on any atom is 0.242 e. The number of carbonyl (C=O) groups is 2. The molecule has 0 aromatic heterocycles. The largest absolute Gasteiger partial charge is 0.496 e. The summed E-state index contributed by atoms with van der Waals surface area (Å²) in [6, 6.07) is 7.79. The van der Waals surface area contributed by atoms with Gasteiger partial charge in [-0.1, -0.05) is 31.0 Å². The number of ether oxygens (including phenoxy) is 1. The Kier molecular flexibility index (Phi) is 7.09. The monoisotopic (exact) mass is 332 g/mol. The summed E-state index contributed by atoms with van der Waals surface area (Å²) in [5.74, 6) is 0.819. The first-order valence-corrected chi connectivity index (χ1v) is 8.77. The van der Waals surface area contributed by atoms with Crippen molar-refractivity contribution in [2.24, 2.45) is 0 Å². The molecule has 0 spiro atoms. The summed E-state index contributed by atoms with van der Waals surface area (Å²) in [5.41, 5.74) is 1.05. The van der Waals surface area contributed by atoms with Gasteiger partial charge in [0.1, 0.15) is 5.75 Å². The number of nitrogens with zero attached hydrogens (tertiary/aromatic N) is 2. The van der Waals surface area contributed by atoms with Crippen LogP contribution in [0.1, 0.15) is 38.2 Å². The van der Waals surface area contributed by atoms with Gasteiger partial charge in [-0.15, -0.1) is 0 Å². The topological polar surface area (TPSA) is 49.9 Å². The van der Waals surface area contributed by atoms with Gasteiger partial charge in [-0.2, -0.15) is 0 Å². The van der Waals surface area contributed by atoms with Crippen LogP contribution in [0.3, 0.4) is 0 Å². The number of amides is 2. The average Bonchev–Trinajstić information content (AvgIpc) is 2.87. The van der Waals surface area contributed by atoms with Crippen LogP contribution in [0.5, 0.6) is 5.75 Å². The third-order valence-corrected chi connectivity index (χ3v) is 4.57. The Morgan fingerprint density at radius 3 is 2.42 bits per heavy atom. The van der Waals surface area contributed by atoms with E-state index >= 15 is 0 Å². The van der Waals surface area contributed by atoms with E-state index in [1.54, 1.807) is 12.0 Å². The molecule has 0 aliphatic carbocycles. The lowest BCUT2D eigenvalue weighted by Crippen LogP contribution is -2.43. The van der Waals surface area contributed by atoms with Gasteiger partial charge in [0.25, 0.3) is 0 Å². The van der Waals surface area contributed by atoms with E-state index in [4.69, 9.17) is 4.74 Å². The van der Waals surface area contributed by atoms with Gasteiger partial charge in [-0.3, -0.25) is 9.59 Å². The Balaban J connectivity index is 1.94. The van der Waals surface area contributed by atoms with Crippen molar-refractivity contribution in [1.29, 1.82) is 0 Å². The molecule has 5 nitrogen and oxygen atoms in total. The number of methoxy groups -OCH3 is 1. The third-order valence-electron chi connectivity index (χ3n) is 4.57. The van der Waals surface area contributed by atoms with Crippen LogP contribution in [-0.2, 0) is 16.0 Å². The van der Waals surface area contributed by atoms with Gasteiger partial charge in [0.15, 0.2) is 0 Å². The summed E-state index contributed by atoms with van der Waals surface area (Å²) in [4.78, 5) is 28.0. The van der Waals surface area contributed by atoms with Gasteiger partial charge in [0, 0.05) is 26.6 Å². The van der Waals surface area contributed by atoms with Gasteiger partial charge >= 0.3 is 0 Å². The molecule has 132 valence electrons. The zero-order chi connectivity index (χ0) is 17.4.